The van der Waals surface area contributed by atoms with Gasteiger partial charge in [0.05, 0.1) is 12.3 Å². The maximum absolute atomic E-state index is 5.82. The highest BCUT2D eigenvalue weighted by molar-refractivity contribution is 6.30. The van der Waals surface area contributed by atoms with Crippen LogP contribution in [0.2, 0.25) is 5.02 Å². The number of aromatic nitrogens is 1. The average Bonchev–Trinajstić information content (AvgIpc) is 2.87. The van der Waals surface area contributed by atoms with Gasteiger partial charge in [0.1, 0.15) is 6.61 Å². The van der Waals surface area contributed by atoms with Gasteiger partial charge in [-0.05, 0) is 24.2 Å². The topological polar surface area (TPSA) is 47.3 Å². The predicted molar refractivity (Wildman–Crippen MR) is 73.8 cm³/mol. The van der Waals surface area contributed by atoms with Gasteiger partial charge in [0.15, 0.2) is 5.76 Å². The zero-order valence-electron chi connectivity index (χ0n) is 10.9. The molecule has 0 saturated heterocycles. The first-order valence-electron chi connectivity index (χ1n) is 6.25. The number of benzene rings is 1. The molecule has 2 aromatic rings. The molecule has 0 atom stereocenters. The van der Waals surface area contributed by atoms with E-state index in [4.69, 9.17) is 20.9 Å². The summed E-state index contributed by atoms with van der Waals surface area (Å²) in [4.78, 5) is 0. The Hall–Kier alpha value is -1.36. The van der Waals surface area contributed by atoms with Crippen molar-refractivity contribution in [2.45, 2.75) is 26.7 Å². The molecule has 4 nitrogen and oxygen atoms in total. The number of nitrogens with one attached hydrogen (secondary N) is 1. The number of ether oxygens (including phenoxy) is 1. The van der Waals surface area contributed by atoms with Crippen LogP contribution in [0, 0.1) is 0 Å². The van der Waals surface area contributed by atoms with Crippen LogP contribution in [0.3, 0.4) is 0 Å². The molecule has 102 valence electrons. The molecule has 0 saturated carbocycles. The molecule has 1 heterocycles. The Kier molecular flexibility index (Phi) is 5.39. The fourth-order valence-corrected chi connectivity index (χ4v) is 1.74. The molecule has 0 radical (unpaired) electrons. The van der Waals surface area contributed by atoms with Crippen molar-refractivity contribution in [3.63, 3.8) is 0 Å². The Labute approximate surface area is 117 Å². The molecule has 0 aliphatic carbocycles. The van der Waals surface area contributed by atoms with E-state index in [0.29, 0.717) is 13.2 Å². The Bertz CT molecular complexity index is 496. The zero-order valence-corrected chi connectivity index (χ0v) is 11.6. The van der Waals surface area contributed by atoms with Crippen LogP contribution in [-0.4, -0.2) is 11.7 Å². The van der Waals surface area contributed by atoms with Crippen molar-refractivity contribution < 1.29 is 9.26 Å². The van der Waals surface area contributed by atoms with Crippen LogP contribution in [0.4, 0.5) is 0 Å². The third-order valence-corrected chi connectivity index (χ3v) is 2.84. The van der Waals surface area contributed by atoms with Crippen molar-refractivity contribution in [3.8, 4) is 0 Å². The maximum atomic E-state index is 5.82. The molecule has 5 heteroatoms. The second-order valence-corrected chi connectivity index (χ2v) is 4.62. The summed E-state index contributed by atoms with van der Waals surface area (Å²) in [5.41, 5.74) is 1.98. The van der Waals surface area contributed by atoms with Crippen molar-refractivity contribution in [1.82, 2.24) is 10.5 Å². The number of rotatable bonds is 7. The molecule has 0 amide bonds. The number of halogens is 1. The van der Waals surface area contributed by atoms with Gasteiger partial charge in [-0.25, -0.2) is 0 Å². The highest BCUT2D eigenvalue weighted by Crippen LogP contribution is 2.11. The van der Waals surface area contributed by atoms with Gasteiger partial charge < -0.3 is 14.6 Å². The minimum atomic E-state index is 0.418. The number of hydrogen-bond acceptors (Lipinski definition) is 4. The van der Waals surface area contributed by atoms with Gasteiger partial charge in [-0.1, -0.05) is 35.8 Å². The molecule has 0 aliphatic heterocycles. The summed E-state index contributed by atoms with van der Waals surface area (Å²) in [6, 6.07) is 9.50. The van der Waals surface area contributed by atoms with E-state index in [9.17, 15) is 0 Å². The largest absolute Gasteiger partial charge is 0.369 e. The Morgan fingerprint density at radius 1 is 1.26 bits per heavy atom. The van der Waals surface area contributed by atoms with Crippen molar-refractivity contribution in [2.75, 3.05) is 6.54 Å². The first-order chi connectivity index (χ1) is 9.28. The van der Waals surface area contributed by atoms with E-state index in [2.05, 4.69) is 17.4 Å². The molecule has 2 rings (SSSR count). The SMILES string of the molecule is CCNCc1cc(COCc2ccc(Cl)cc2)on1. The molecule has 0 fully saturated rings. The zero-order chi connectivity index (χ0) is 13.5. The van der Waals surface area contributed by atoms with Crippen LogP contribution in [0.25, 0.3) is 0 Å². The van der Waals surface area contributed by atoms with E-state index >= 15 is 0 Å². The maximum Gasteiger partial charge on any atom is 0.162 e. The normalized spacial score (nSPS) is 10.8. The van der Waals surface area contributed by atoms with Crippen LogP contribution >= 0.6 is 11.6 Å². The predicted octanol–water partition coefficient (Wildman–Crippen LogP) is 3.15. The van der Waals surface area contributed by atoms with Crippen LogP contribution < -0.4 is 5.32 Å². The lowest BCUT2D eigenvalue weighted by Crippen LogP contribution is -2.11. The molecule has 1 aromatic heterocycles. The quantitative estimate of drug-likeness (QED) is 0.846. The molecule has 1 aromatic carbocycles. The summed E-state index contributed by atoms with van der Waals surface area (Å²) >= 11 is 5.82. The summed E-state index contributed by atoms with van der Waals surface area (Å²) in [7, 11) is 0. The van der Waals surface area contributed by atoms with Crippen molar-refractivity contribution in [1.29, 1.82) is 0 Å². The molecular weight excluding hydrogens is 264 g/mol. The van der Waals surface area contributed by atoms with Gasteiger partial charge in [-0.2, -0.15) is 0 Å². The van der Waals surface area contributed by atoms with Gasteiger partial charge >= 0.3 is 0 Å². The first-order valence-corrected chi connectivity index (χ1v) is 6.63. The van der Waals surface area contributed by atoms with Crippen molar-refractivity contribution >= 4 is 11.6 Å². The fraction of sp³-hybridized carbons (Fsp3) is 0.357. The molecule has 0 bridgehead atoms. The molecule has 0 unspecified atom stereocenters. The molecular formula is C14H17ClN2O2. The minimum Gasteiger partial charge on any atom is -0.369 e. The first kappa shape index (κ1) is 14.1. The van der Waals surface area contributed by atoms with E-state index in [1.165, 1.54) is 0 Å². The van der Waals surface area contributed by atoms with E-state index < -0.39 is 0 Å². The third-order valence-electron chi connectivity index (χ3n) is 2.59. The van der Waals surface area contributed by atoms with Crippen LogP contribution in [0.1, 0.15) is 23.9 Å². The Morgan fingerprint density at radius 2 is 2.05 bits per heavy atom. The van der Waals surface area contributed by atoms with Gasteiger partial charge in [0, 0.05) is 17.6 Å². The summed E-state index contributed by atoms with van der Waals surface area (Å²) in [5.74, 6) is 0.738. The van der Waals surface area contributed by atoms with Gasteiger partial charge in [-0.3, -0.25) is 0 Å². The van der Waals surface area contributed by atoms with Crippen LogP contribution in [0.15, 0.2) is 34.9 Å². The summed E-state index contributed by atoms with van der Waals surface area (Å²) in [5, 5.41) is 7.87. The lowest BCUT2D eigenvalue weighted by atomic mass is 10.2. The summed E-state index contributed by atoms with van der Waals surface area (Å²) < 4.78 is 10.7. The van der Waals surface area contributed by atoms with Gasteiger partial charge in [0.2, 0.25) is 0 Å². The summed E-state index contributed by atoms with van der Waals surface area (Å²) in [6.07, 6.45) is 0. The van der Waals surface area contributed by atoms with Crippen molar-refractivity contribution in [3.05, 3.63) is 52.4 Å². The number of hydrogen-bond donors (Lipinski definition) is 1. The van der Waals surface area contributed by atoms with Crippen molar-refractivity contribution in [2.24, 2.45) is 0 Å². The fourth-order valence-electron chi connectivity index (χ4n) is 1.61. The van der Waals surface area contributed by atoms with Gasteiger partial charge in [0.25, 0.3) is 0 Å². The molecule has 19 heavy (non-hydrogen) atoms. The molecule has 1 N–H and O–H groups in total. The van der Waals surface area contributed by atoms with E-state index in [1.807, 2.05) is 30.3 Å². The second-order valence-electron chi connectivity index (χ2n) is 4.18. The monoisotopic (exact) mass is 280 g/mol. The van der Waals surface area contributed by atoms with E-state index in [0.717, 1.165) is 35.1 Å². The smallest absolute Gasteiger partial charge is 0.162 e. The lowest BCUT2D eigenvalue weighted by molar-refractivity contribution is 0.0883. The Balaban J connectivity index is 1.76. The second kappa shape index (κ2) is 7.28. The highest BCUT2D eigenvalue weighted by Gasteiger charge is 2.04. The van der Waals surface area contributed by atoms with E-state index in [1.54, 1.807) is 0 Å². The Morgan fingerprint density at radius 3 is 2.79 bits per heavy atom. The molecule has 0 spiro atoms. The van der Waals surface area contributed by atoms with Gasteiger partial charge in [-0.15, -0.1) is 0 Å². The standard InChI is InChI=1S/C14H17ClN2O2/c1-2-16-8-13-7-14(19-17-13)10-18-9-11-3-5-12(15)6-4-11/h3-7,16H,2,8-10H2,1H3. The third kappa shape index (κ3) is 4.67. The van der Waals surface area contributed by atoms with Crippen LogP contribution in [-0.2, 0) is 24.5 Å². The summed E-state index contributed by atoms with van der Waals surface area (Å²) in [6.45, 7) is 4.63. The average molecular weight is 281 g/mol. The molecule has 0 aliphatic rings. The number of nitrogens with zero attached hydrogens (tertiary/aromatic N) is 1. The van der Waals surface area contributed by atoms with Crippen LogP contribution in [0.5, 0.6) is 0 Å². The highest BCUT2D eigenvalue weighted by atomic mass is 35.5. The van der Waals surface area contributed by atoms with E-state index in [-0.39, 0.29) is 0 Å². The lowest BCUT2D eigenvalue weighted by Gasteiger charge is -2.01. The minimum absolute atomic E-state index is 0.418.